The third-order valence-corrected chi connectivity index (χ3v) is 4.63. The molecule has 1 aromatic carbocycles. The van der Waals surface area contributed by atoms with Crippen molar-refractivity contribution in [2.75, 3.05) is 19.6 Å². The lowest BCUT2D eigenvalue weighted by Crippen LogP contribution is -2.46. The summed E-state index contributed by atoms with van der Waals surface area (Å²) in [4.78, 5) is 2.42. The molecule has 1 aliphatic heterocycles. The Labute approximate surface area is 131 Å². The van der Waals surface area contributed by atoms with Crippen molar-refractivity contribution in [2.24, 2.45) is 0 Å². The standard InChI is InChI=1S/C17H24N4O/c1-15-19-18-14-21(15)12-11-20-9-7-17(22,8-10-20)13-16-5-3-2-4-6-16/h2-6,14,22H,7-13H2,1H3. The first-order valence-corrected chi connectivity index (χ1v) is 7.98. The Bertz CT molecular complexity index is 588. The normalized spacial score (nSPS) is 18.5. The van der Waals surface area contributed by atoms with Crippen LogP contribution in [0, 0.1) is 6.92 Å². The monoisotopic (exact) mass is 300 g/mol. The van der Waals surface area contributed by atoms with Crippen molar-refractivity contribution in [3.8, 4) is 0 Å². The lowest BCUT2D eigenvalue weighted by atomic mass is 9.85. The molecule has 5 nitrogen and oxygen atoms in total. The van der Waals surface area contributed by atoms with Gasteiger partial charge in [0.15, 0.2) is 0 Å². The average Bonchev–Trinajstić information content (AvgIpc) is 2.93. The van der Waals surface area contributed by atoms with Gasteiger partial charge in [0, 0.05) is 32.6 Å². The van der Waals surface area contributed by atoms with E-state index in [1.165, 1.54) is 5.56 Å². The summed E-state index contributed by atoms with van der Waals surface area (Å²) in [5.41, 5.74) is 0.670. The number of aliphatic hydroxyl groups is 1. The van der Waals surface area contributed by atoms with Crippen molar-refractivity contribution < 1.29 is 5.11 Å². The van der Waals surface area contributed by atoms with Crippen LogP contribution in [0.4, 0.5) is 0 Å². The van der Waals surface area contributed by atoms with Crippen LogP contribution in [0.1, 0.15) is 24.2 Å². The molecule has 2 aromatic rings. The van der Waals surface area contributed by atoms with E-state index in [4.69, 9.17) is 0 Å². The van der Waals surface area contributed by atoms with Crippen LogP contribution in [0.15, 0.2) is 36.7 Å². The number of piperidine rings is 1. The Morgan fingerprint density at radius 1 is 1.14 bits per heavy atom. The van der Waals surface area contributed by atoms with Gasteiger partial charge >= 0.3 is 0 Å². The molecule has 22 heavy (non-hydrogen) atoms. The van der Waals surface area contributed by atoms with Crippen molar-refractivity contribution in [1.29, 1.82) is 0 Å². The zero-order valence-corrected chi connectivity index (χ0v) is 13.1. The Hall–Kier alpha value is -1.72. The highest BCUT2D eigenvalue weighted by Crippen LogP contribution is 2.26. The highest BCUT2D eigenvalue weighted by Gasteiger charge is 2.32. The molecule has 5 heteroatoms. The highest BCUT2D eigenvalue weighted by molar-refractivity contribution is 5.17. The van der Waals surface area contributed by atoms with E-state index in [0.717, 1.165) is 51.3 Å². The van der Waals surface area contributed by atoms with Crippen LogP contribution < -0.4 is 0 Å². The van der Waals surface area contributed by atoms with Crippen LogP contribution in [-0.2, 0) is 13.0 Å². The van der Waals surface area contributed by atoms with Gasteiger partial charge in [-0.05, 0) is 25.3 Å². The Morgan fingerprint density at radius 3 is 2.50 bits per heavy atom. The maximum atomic E-state index is 10.8. The van der Waals surface area contributed by atoms with Gasteiger partial charge in [-0.3, -0.25) is 0 Å². The first kappa shape index (κ1) is 15.2. The molecule has 1 N–H and O–H groups in total. The molecule has 0 aliphatic carbocycles. The van der Waals surface area contributed by atoms with Gasteiger partial charge in [-0.1, -0.05) is 30.3 Å². The number of hydrogen-bond donors (Lipinski definition) is 1. The molecule has 3 rings (SSSR count). The molecule has 0 unspecified atom stereocenters. The zero-order chi connectivity index (χ0) is 15.4. The molecule has 1 aliphatic rings. The van der Waals surface area contributed by atoms with Crippen molar-refractivity contribution in [3.63, 3.8) is 0 Å². The van der Waals surface area contributed by atoms with Gasteiger partial charge in [0.25, 0.3) is 0 Å². The molecule has 0 atom stereocenters. The van der Waals surface area contributed by atoms with E-state index in [-0.39, 0.29) is 0 Å². The van der Waals surface area contributed by atoms with Crippen LogP contribution in [0.5, 0.6) is 0 Å². The molecule has 0 spiro atoms. The predicted octanol–water partition coefficient (Wildman–Crippen LogP) is 1.66. The summed E-state index contributed by atoms with van der Waals surface area (Å²) in [5, 5.41) is 18.7. The fourth-order valence-corrected chi connectivity index (χ4v) is 3.13. The number of likely N-dealkylation sites (tertiary alicyclic amines) is 1. The molecule has 0 bridgehead atoms. The Morgan fingerprint density at radius 2 is 1.86 bits per heavy atom. The minimum Gasteiger partial charge on any atom is -0.389 e. The van der Waals surface area contributed by atoms with Gasteiger partial charge in [0.1, 0.15) is 12.2 Å². The molecule has 0 saturated carbocycles. The van der Waals surface area contributed by atoms with E-state index in [1.807, 2.05) is 25.1 Å². The first-order chi connectivity index (χ1) is 10.6. The fraction of sp³-hybridized carbons (Fsp3) is 0.529. The van der Waals surface area contributed by atoms with Gasteiger partial charge in [-0.2, -0.15) is 0 Å². The van der Waals surface area contributed by atoms with Gasteiger partial charge in [-0.25, -0.2) is 0 Å². The molecule has 1 aromatic heterocycles. The van der Waals surface area contributed by atoms with Crippen LogP contribution in [0.3, 0.4) is 0 Å². The van der Waals surface area contributed by atoms with Crippen molar-refractivity contribution in [2.45, 2.75) is 38.3 Å². The molecule has 118 valence electrons. The van der Waals surface area contributed by atoms with Crippen LogP contribution in [-0.4, -0.2) is 50.0 Å². The molecule has 0 radical (unpaired) electrons. The zero-order valence-electron chi connectivity index (χ0n) is 13.1. The number of benzene rings is 1. The SMILES string of the molecule is Cc1nncn1CCN1CCC(O)(Cc2ccccc2)CC1. The molecule has 1 fully saturated rings. The Kier molecular flexibility index (Phi) is 4.55. The van der Waals surface area contributed by atoms with Crippen LogP contribution in [0.25, 0.3) is 0 Å². The fourth-order valence-electron chi connectivity index (χ4n) is 3.13. The lowest BCUT2D eigenvalue weighted by molar-refractivity contribution is -0.0211. The molecule has 1 saturated heterocycles. The summed E-state index contributed by atoms with van der Waals surface area (Å²) in [5.74, 6) is 0.956. The number of aryl methyl sites for hydroxylation is 1. The second kappa shape index (κ2) is 6.58. The second-order valence-electron chi connectivity index (χ2n) is 6.30. The summed E-state index contributed by atoms with van der Waals surface area (Å²) in [6.07, 6.45) is 4.21. The van der Waals surface area contributed by atoms with E-state index in [9.17, 15) is 5.11 Å². The highest BCUT2D eigenvalue weighted by atomic mass is 16.3. The lowest BCUT2D eigenvalue weighted by Gasteiger charge is -2.38. The number of nitrogens with zero attached hydrogens (tertiary/aromatic N) is 4. The van der Waals surface area contributed by atoms with Crippen LogP contribution >= 0.6 is 0 Å². The van der Waals surface area contributed by atoms with Gasteiger partial charge < -0.3 is 14.6 Å². The van der Waals surface area contributed by atoms with Crippen molar-refractivity contribution >= 4 is 0 Å². The summed E-state index contributed by atoms with van der Waals surface area (Å²) < 4.78 is 2.07. The van der Waals surface area contributed by atoms with Gasteiger partial charge in [0.05, 0.1) is 5.60 Å². The van der Waals surface area contributed by atoms with E-state index in [0.29, 0.717) is 0 Å². The second-order valence-corrected chi connectivity index (χ2v) is 6.30. The maximum Gasteiger partial charge on any atom is 0.129 e. The predicted molar refractivity (Wildman–Crippen MR) is 85.5 cm³/mol. The van der Waals surface area contributed by atoms with E-state index < -0.39 is 5.60 Å². The van der Waals surface area contributed by atoms with E-state index in [1.54, 1.807) is 6.33 Å². The molecule has 0 amide bonds. The first-order valence-electron chi connectivity index (χ1n) is 7.98. The topological polar surface area (TPSA) is 54.2 Å². The number of hydrogen-bond acceptors (Lipinski definition) is 4. The van der Waals surface area contributed by atoms with Crippen molar-refractivity contribution in [1.82, 2.24) is 19.7 Å². The summed E-state index contributed by atoms with van der Waals surface area (Å²) in [6.45, 7) is 5.77. The Balaban J connectivity index is 1.48. The van der Waals surface area contributed by atoms with E-state index >= 15 is 0 Å². The van der Waals surface area contributed by atoms with E-state index in [2.05, 4.69) is 31.8 Å². The molecule has 2 heterocycles. The van der Waals surface area contributed by atoms with Gasteiger partial charge in [-0.15, -0.1) is 10.2 Å². The third-order valence-electron chi connectivity index (χ3n) is 4.63. The largest absolute Gasteiger partial charge is 0.389 e. The minimum atomic E-state index is -0.551. The minimum absolute atomic E-state index is 0.551. The average molecular weight is 300 g/mol. The number of rotatable bonds is 5. The maximum absolute atomic E-state index is 10.8. The third kappa shape index (κ3) is 3.72. The summed E-state index contributed by atoms with van der Waals surface area (Å²) in [7, 11) is 0. The summed E-state index contributed by atoms with van der Waals surface area (Å²) >= 11 is 0. The summed E-state index contributed by atoms with van der Waals surface area (Å²) in [6, 6.07) is 10.3. The van der Waals surface area contributed by atoms with Crippen LogP contribution in [0.2, 0.25) is 0 Å². The quantitative estimate of drug-likeness (QED) is 0.912. The number of aromatic nitrogens is 3. The molecular weight excluding hydrogens is 276 g/mol. The molecular formula is C17H24N4O. The van der Waals surface area contributed by atoms with Gasteiger partial charge in [0.2, 0.25) is 0 Å². The smallest absolute Gasteiger partial charge is 0.129 e. The van der Waals surface area contributed by atoms with Crippen molar-refractivity contribution in [3.05, 3.63) is 48.0 Å².